The standard InChI is InChI=1S/C16H13NO2/c18-16(17-10-3-4-11-17)12-19-15-9-5-7-13-6-1-2-8-14(13)15/h1-11H,12H2. The molecule has 0 radical (unpaired) electrons. The molecule has 0 unspecified atom stereocenters. The summed E-state index contributed by atoms with van der Waals surface area (Å²) in [4.78, 5) is 11.9. The fourth-order valence-corrected chi connectivity index (χ4v) is 2.04. The number of nitrogens with zero attached hydrogens (tertiary/aromatic N) is 1. The first-order valence-electron chi connectivity index (χ1n) is 6.11. The van der Waals surface area contributed by atoms with Gasteiger partial charge in [0.15, 0.2) is 6.61 Å². The van der Waals surface area contributed by atoms with Crippen molar-refractivity contribution in [2.75, 3.05) is 6.61 Å². The highest BCUT2D eigenvalue weighted by atomic mass is 16.5. The Morgan fingerprint density at radius 2 is 1.68 bits per heavy atom. The fraction of sp³-hybridized carbons (Fsp3) is 0.0625. The van der Waals surface area contributed by atoms with Gasteiger partial charge in [-0.05, 0) is 23.6 Å². The van der Waals surface area contributed by atoms with E-state index >= 15 is 0 Å². The number of aromatic nitrogens is 1. The number of carbonyl (C=O) groups excluding carboxylic acids is 1. The lowest BCUT2D eigenvalue weighted by atomic mass is 10.1. The van der Waals surface area contributed by atoms with E-state index < -0.39 is 0 Å². The molecule has 0 atom stereocenters. The normalized spacial score (nSPS) is 10.5. The maximum absolute atomic E-state index is 11.9. The van der Waals surface area contributed by atoms with Crippen LogP contribution in [0.3, 0.4) is 0 Å². The van der Waals surface area contributed by atoms with Crippen molar-refractivity contribution in [3.8, 4) is 5.75 Å². The van der Waals surface area contributed by atoms with Crippen molar-refractivity contribution >= 4 is 16.7 Å². The first-order chi connectivity index (χ1) is 9.34. The molecule has 94 valence electrons. The number of hydrogen-bond donors (Lipinski definition) is 0. The van der Waals surface area contributed by atoms with E-state index in [0.29, 0.717) is 0 Å². The monoisotopic (exact) mass is 251 g/mol. The molecule has 3 heteroatoms. The van der Waals surface area contributed by atoms with E-state index in [1.54, 1.807) is 12.4 Å². The molecule has 1 aromatic heterocycles. The van der Waals surface area contributed by atoms with E-state index in [-0.39, 0.29) is 12.5 Å². The van der Waals surface area contributed by atoms with E-state index in [0.717, 1.165) is 16.5 Å². The van der Waals surface area contributed by atoms with Gasteiger partial charge in [-0.1, -0.05) is 36.4 Å². The molecule has 0 spiro atoms. The van der Waals surface area contributed by atoms with Gasteiger partial charge in [-0.3, -0.25) is 9.36 Å². The summed E-state index contributed by atoms with van der Waals surface area (Å²) in [5.74, 6) is 0.650. The largest absolute Gasteiger partial charge is 0.483 e. The van der Waals surface area contributed by atoms with Crippen LogP contribution in [-0.2, 0) is 0 Å². The van der Waals surface area contributed by atoms with Crippen LogP contribution in [0.25, 0.3) is 10.8 Å². The zero-order valence-electron chi connectivity index (χ0n) is 10.3. The summed E-state index contributed by atoms with van der Waals surface area (Å²) in [7, 11) is 0. The van der Waals surface area contributed by atoms with E-state index in [1.165, 1.54) is 4.57 Å². The van der Waals surface area contributed by atoms with Gasteiger partial charge < -0.3 is 4.74 Å². The van der Waals surface area contributed by atoms with Crippen molar-refractivity contribution in [3.63, 3.8) is 0 Å². The SMILES string of the molecule is O=C(COc1cccc2ccccc12)n1cccc1. The highest BCUT2D eigenvalue weighted by molar-refractivity contribution is 5.88. The molecule has 19 heavy (non-hydrogen) atoms. The minimum absolute atomic E-state index is 0.0304. The molecule has 0 aliphatic carbocycles. The Bertz CT molecular complexity index is 696. The summed E-state index contributed by atoms with van der Waals surface area (Å²) in [6.07, 6.45) is 3.43. The third-order valence-electron chi connectivity index (χ3n) is 2.99. The predicted molar refractivity (Wildman–Crippen MR) is 74.5 cm³/mol. The second-order valence-corrected chi connectivity index (χ2v) is 4.25. The average molecular weight is 251 g/mol. The first-order valence-corrected chi connectivity index (χ1v) is 6.11. The fourth-order valence-electron chi connectivity index (χ4n) is 2.04. The highest BCUT2D eigenvalue weighted by Crippen LogP contribution is 2.24. The number of hydrogen-bond acceptors (Lipinski definition) is 2. The predicted octanol–water partition coefficient (Wildman–Crippen LogP) is 3.36. The van der Waals surface area contributed by atoms with Crippen molar-refractivity contribution in [1.29, 1.82) is 0 Å². The molecule has 0 N–H and O–H groups in total. The summed E-state index contributed by atoms with van der Waals surface area (Å²) in [6, 6.07) is 17.4. The maximum atomic E-state index is 11.9. The second-order valence-electron chi connectivity index (χ2n) is 4.25. The molecule has 0 bridgehead atoms. The quantitative estimate of drug-likeness (QED) is 0.714. The molecule has 1 heterocycles. The molecule has 2 aromatic carbocycles. The minimum atomic E-state index is -0.0852. The maximum Gasteiger partial charge on any atom is 0.268 e. The van der Waals surface area contributed by atoms with Gasteiger partial charge in [0.1, 0.15) is 5.75 Å². The molecule has 0 aliphatic heterocycles. The summed E-state index contributed by atoms with van der Waals surface area (Å²) in [6.45, 7) is 0.0304. The van der Waals surface area contributed by atoms with Crippen LogP contribution in [0.5, 0.6) is 5.75 Å². The van der Waals surface area contributed by atoms with Crippen LogP contribution in [-0.4, -0.2) is 17.1 Å². The summed E-state index contributed by atoms with van der Waals surface area (Å²) in [5.41, 5.74) is 0. The van der Waals surface area contributed by atoms with Gasteiger partial charge in [-0.15, -0.1) is 0 Å². The molecular formula is C16H13NO2. The van der Waals surface area contributed by atoms with Crippen LogP contribution in [0.4, 0.5) is 0 Å². The van der Waals surface area contributed by atoms with E-state index in [9.17, 15) is 4.79 Å². The second kappa shape index (κ2) is 4.98. The van der Waals surface area contributed by atoms with Crippen LogP contribution >= 0.6 is 0 Å². The average Bonchev–Trinajstić information content (AvgIpc) is 2.99. The third kappa shape index (κ3) is 2.36. The first kappa shape index (κ1) is 11.5. The molecular weight excluding hydrogens is 238 g/mol. The van der Waals surface area contributed by atoms with Crippen molar-refractivity contribution in [2.24, 2.45) is 0 Å². The Morgan fingerprint density at radius 3 is 2.53 bits per heavy atom. The number of carbonyl (C=O) groups is 1. The lowest BCUT2D eigenvalue weighted by molar-refractivity contribution is 0.0839. The molecule has 0 amide bonds. The van der Waals surface area contributed by atoms with Crippen LogP contribution in [0.2, 0.25) is 0 Å². The van der Waals surface area contributed by atoms with Crippen LogP contribution in [0.15, 0.2) is 67.0 Å². The number of benzene rings is 2. The molecule has 0 saturated carbocycles. The van der Waals surface area contributed by atoms with Gasteiger partial charge in [-0.25, -0.2) is 0 Å². The number of ether oxygens (including phenoxy) is 1. The summed E-state index contributed by atoms with van der Waals surface area (Å²) >= 11 is 0. The van der Waals surface area contributed by atoms with Gasteiger partial charge in [0.2, 0.25) is 0 Å². The van der Waals surface area contributed by atoms with E-state index in [2.05, 4.69) is 0 Å². The van der Waals surface area contributed by atoms with Gasteiger partial charge in [0.05, 0.1) is 0 Å². The Hall–Kier alpha value is -2.55. The van der Waals surface area contributed by atoms with E-state index in [1.807, 2.05) is 54.6 Å². The van der Waals surface area contributed by atoms with Crippen LogP contribution in [0.1, 0.15) is 4.79 Å². The zero-order chi connectivity index (χ0) is 13.1. The van der Waals surface area contributed by atoms with Gasteiger partial charge in [0, 0.05) is 17.8 Å². The summed E-state index contributed by atoms with van der Waals surface area (Å²) < 4.78 is 7.15. The van der Waals surface area contributed by atoms with Gasteiger partial charge >= 0.3 is 0 Å². The molecule has 0 fully saturated rings. The lowest BCUT2D eigenvalue weighted by Crippen LogP contribution is -2.17. The summed E-state index contributed by atoms with van der Waals surface area (Å²) in [5, 5.41) is 2.12. The molecule has 0 saturated heterocycles. The Kier molecular flexibility index (Phi) is 3.02. The van der Waals surface area contributed by atoms with Crippen molar-refractivity contribution in [2.45, 2.75) is 0 Å². The zero-order valence-corrected chi connectivity index (χ0v) is 10.3. The molecule has 3 nitrogen and oxygen atoms in total. The highest BCUT2D eigenvalue weighted by Gasteiger charge is 2.06. The Labute approximate surface area is 111 Å². The van der Waals surface area contributed by atoms with Crippen molar-refractivity contribution in [1.82, 2.24) is 4.57 Å². The minimum Gasteiger partial charge on any atom is -0.483 e. The Morgan fingerprint density at radius 1 is 0.947 bits per heavy atom. The lowest BCUT2D eigenvalue weighted by Gasteiger charge is -2.08. The smallest absolute Gasteiger partial charge is 0.268 e. The van der Waals surface area contributed by atoms with Gasteiger partial charge in [0.25, 0.3) is 5.91 Å². The van der Waals surface area contributed by atoms with Crippen LogP contribution in [0, 0.1) is 0 Å². The number of rotatable bonds is 3. The Balaban J connectivity index is 1.81. The molecule has 0 aliphatic rings. The molecule has 3 aromatic rings. The van der Waals surface area contributed by atoms with Gasteiger partial charge in [-0.2, -0.15) is 0 Å². The van der Waals surface area contributed by atoms with E-state index in [4.69, 9.17) is 4.74 Å². The van der Waals surface area contributed by atoms with Crippen molar-refractivity contribution in [3.05, 3.63) is 67.0 Å². The molecule has 3 rings (SSSR count). The van der Waals surface area contributed by atoms with Crippen molar-refractivity contribution < 1.29 is 9.53 Å². The van der Waals surface area contributed by atoms with Crippen LogP contribution < -0.4 is 4.74 Å². The third-order valence-corrected chi connectivity index (χ3v) is 2.99. The number of fused-ring (bicyclic) bond motifs is 1. The topological polar surface area (TPSA) is 31.2 Å².